The summed E-state index contributed by atoms with van der Waals surface area (Å²) in [6.07, 6.45) is 20.6. The maximum Gasteiger partial charge on any atom is 0.320 e. The fraction of sp³-hybridized carbons (Fsp3) is 0.722. The van der Waals surface area contributed by atoms with Gasteiger partial charge in [-0.05, 0) is 121 Å². The van der Waals surface area contributed by atoms with Gasteiger partial charge in [0.2, 0.25) is 0 Å². The zero-order valence-corrected chi connectivity index (χ0v) is 26.6. The van der Waals surface area contributed by atoms with Gasteiger partial charge in [0, 0.05) is 17.8 Å². The summed E-state index contributed by atoms with van der Waals surface area (Å²) in [5.41, 5.74) is 3.87. The number of likely N-dealkylation sites (tertiary alicyclic amines) is 1. The van der Waals surface area contributed by atoms with Crippen molar-refractivity contribution in [1.82, 2.24) is 19.6 Å². The number of aryl methyl sites for hydroxylation is 1. The van der Waals surface area contributed by atoms with Crippen LogP contribution in [0.4, 0.5) is 0 Å². The maximum absolute atomic E-state index is 12.4. The Labute approximate surface area is 253 Å². The number of hydrogen-bond acceptors (Lipinski definition) is 5. The average Bonchev–Trinajstić information content (AvgIpc) is 3.35. The lowest BCUT2D eigenvalue weighted by Crippen LogP contribution is -2.47. The molecule has 1 saturated carbocycles. The van der Waals surface area contributed by atoms with E-state index in [-0.39, 0.29) is 5.97 Å². The van der Waals surface area contributed by atoms with E-state index in [0.29, 0.717) is 17.9 Å². The van der Waals surface area contributed by atoms with E-state index in [0.717, 1.165) is 38.4 Å². The summed E-state index contributed by atoms with van der Waals surface area (Å²) < 4.78 is 7.92. The van der Waals surface area contributed by atoms with Crippen LogP contribution in [0.2, 0.25) is 0 Å². The Morgan fingerprint density at radius 1 is 1.00 bits per heavy atom. The van der Waals surface area contributed by atoms with Gasteiger partial charge in [-0.15, -0.1) is 0 Å². The number of carbonyl (C=O) groups excluding carboxylic acids is 1. The van der Waals surface area contributed by atoms with Crippen LogP contribution < -0.4 is 0 Å². The van der Waals surface area contributed by atoms with E-state index in [1.165, 1.54) is 106 Å². The first-order chi connectivity index (χ1) is 20.3. The summed E-state index contributed by atoms with van der Waals surface area (Å²) in [5.74, 6) is 1.23. The van der Waals surface area contributed by atoms with Gasteiger partial charge in [-0.1, -0.05) is 56.4 Å². The highest BCUT2D eigenvalue weighted by Crippen LogP contribution is 2.42. The summed E-state index contributed by atoms with van der Waals surface area (Å²) in [6, 6.07) is 7.08. The van der Waals surface area contributed by atoms with Crippen LogP contribution in [-0.4, -0.2) is 70.4 Å². The molecular formula is C36H54N4O2. The number of ether oxygens (including phenoxy) is 1. The van der Waals surface area contributed by atoms with E-state index in [4.69, 9.17) is 9.84 Å². The molecule has 0 unspecified atom stereocenters. The Bertz CT molecular complexity index is 1220. The van der Waals surface area contributed by atoms with Crippen LogP contribution in [0, 0.1) is 11.3 Å². The van der Waals surface area contributed by atoms with Gasteiger partial charge in [-0.25, -0.2) is 0 Å². The van der Waals surface area contributed by atoms with E-state index in [2.05, 4.69) is 44.8 Å². The number of carbonyl (C=O) groups is 1. The van der Waals surface area contributed by atoms with E-state index >= 15 is 0 Å². The Morgan fingerprint density at radius 3 is 2.40 bits per heavy atom. The lowest BCUT2D eigenvalue weighted by molar-refractivity contribution is -0.156. The molecule has 4 aliphatic heterocycles. The van der Waals surface area contributed by atoms with Gasteiger partial charge >= 0.3 is 5.97 Å². The standard InChI is InChI=1S/C36H54N4O2/c1-35(2,3)42-33(41)27-39-21-14-30(15-22-39)34-31-12-11-29(13-16-36-17-23-38(24-18-36)25-19-36)26-32(31)40(37-34)20-7-10-28-8-5-4-6-9-28/h11-13,16,26,28,30H,4-10,14-15,17-25,27H2,1-3H3/b16-13+. The van der Waals surface area contributed by atoms with Crippen molar-refractivity contribution < 1.29 is 9.53 Å². The van der Waals surface area contributed by atoms with Crippen LogP contribution in [0.15, 0.2) is 24.3 Å². The predicted octanol–water partition coefficient (Wildman–Crippen LogP) is 7.42. The SMILES string of the molecule is CC(C)(C)OC(=O)CN1CCC(c2nn(CCCC3CCCCC3)c3cc(/C=C/C45CCN(CC4)CC5)ccc23)CC1. The van der Waals surface area contributed by atoms with E-state index in [1.54, 1.807) is 0 Å². The molecule has 6 nitrogen and oxygen atoms in total. The average molecular weight is 575 g/mol. The number of allylic oxidation sites excluding steroid dienone is 1. The largest absolute Gasteiger partial charge is 0.459 e. The molecule has 1 aromatic heterocycles. The van der Waals surface area contributed by atoms with Crippen LogP contribution in [-0.2, 0) is 16.1 Å². The molecule has 0 radical (unpaired) electrons. The predicted molar refractivity (Wildman–Crippen MR) is 172 cm³/mol. The minimum absolute atomic E-state index is 0.118. The number of benzene rings is 1. The molecule has 0 spiro atoms. The van der Waals surface area contributed by atoms with Gasteiger partial charge in [0.15, 0.2) is 0 Å². The number of nitrogens with zero attached hydrogens (tertiary/aromatic N) is 4. The molecule has 6 heteroatoms. The molecule has 0 amide bonds. The number of fused-ring (bicyclic) bond motifs is 4. The van der Waals surface area contributed by atoms with Crippen LogP contribution in [0.1, 0.15) is 115 Å². The number of esters is 1. The molecule has 230 valence electrons. The lowest BCUT2D eigenvalue weighted by atomic mass is 9.72. The molecule has 7 rings (SSSR count). The molecule has 0 atom stereocenters. The molecule has 0 N–H and O–H groups in total. The number of aromatic nitrogens is 2. The normalized spacial score (nSPS) is 26.4. The molecule has 2 aromatic rings. The Morgan fingerprint density at radius 2 is 1.71 bits per heavy atom. The van der Waals surface area contributed by atoms with E-state index in [9.17, 15) is 4.79 Å². The van der Waals surface area contributed by atoms with E-state index < -0.39 is 5.60 Å². The van der Waals surface area contributed by atoms with Crippen LogP contribution >= 0.6 is 0 Å². The second-order valence-electron chi connectivity index (χ2n) is 15.0. The van der Waals surface area contributed by atoms with Crippen molar-refractivity contribution in [3.8, 4) is 0 Å². The first-order valence-corrected chi connectivity index (χ1v) is 17.1. The van der Waals surface area contributed by atoms with E-state index in [1.807, 2.05) is 20.8 Å². The van der Waals surface area contributed by atoms with Crippen LogP contribution in [0.25, 0.3) is 17.0 Å². The third-order valence-corrected chi connectivity index (χ3v) is 10.7. The molecule has 1 aromatic carbocycles. The summed E-state index contributed by atoms with van der Waals surface area (Å²) in [7, 11) is 0. The first kappa shape index (κ1) is 29.9. The molecule has 5 heterocycles. The molecule has 5 fully saturated rings. The third-order valence-electron chi connectivity index (χ3n) is 10.7. The Balaban J connectivity index is 1.17. The quantitative estimate of drug-likeness (QED) is 0.292. The zero-order chi connectivity index (χ0) is 29.2. The lowest BCUT2D eigenvalue weighted by Gasteiger charge is -2.47. The van der Waals surface area contributed by atoms with Crippen molar-refractivity contribution in [2.24, 2.45) is 11.3 Å². The monoisotopic (exact) mass is 574 g/mol. The number of piperidine rings is 4. The summed E-state index contributed by atoms with van der Waals surface area (Å²) >= 11 is 0. The van der Waals surface area contributed by atoms with Crippen molar-refractivity contribution >= 4 is 22.9 Å². The topological polar surface area (TPSA) is 50.6 Å². The van der Waals surface area contributed by atoms with Crippen molar-refractivity contribution in [2.75, 3.05) is 39.3 Å². The van der Waals surface area contributed by atoms with Gasteiger partial charge < -0.3 is 9.64 Å². The second kappa shape index (κ2) is 12.8. The van der Waals surface area contributed by atoms with Crippen LogP contribution in [0.3, 0.4) is 0 Å². The van der Waals surface area contributed by atoms with Gasteiger partial charge in [0.25, 0.3) is 0 Å². The molecule has 4 saturated heterocycles. The van der Waals surface area contributed by atoms with Crippen molar-refractivity contribution in [1.29, 1.82) is 0 Å². The fourth-order valence-electron chi connectivity index (χ4n) is 8.09. The Kier molecular flexibility index (Phi) is 9.12. The minimum Gasteiger partial charge on any atom is -0.459 e. The highest BCUT2D eigenvalue weighted by atomic mass is 16.6. The minimum atomic E-state index is -0.431. The van der Waals surface area contributed by atoms with Gasteiger partial charge in [-0.2, -0.15) is 5.10 Å². The summed E-state index contributed by atoms with van der Waals surface area (Å²) in [6.45, 7) is 12.8. The van der Waals surface area contributed by atoms with Gasteiger partial charge in [-0.3, -0.25) is 14.4 Å². The fourth-order valence-corrected chi connectivity index (χ4v) is 8.09. The summed E-state index contributed by atoms with van der Waals surface area (Å²) in [4.78, 5) is 17.3. The summed E-state index contributed by atoms with van der Waals surface area (Å²) in [5, 5.41) is 6.67. The smallest absolute Gasteiger partial charge is 0.320 e. The highest BCUT2D eigenvalue weighted by molar-refractivity contribution is 5.85. The highest BCUT2D eigenvalue weighted by Gasteiger charge is 2.37. The number of hydrogen-bond donors (Lipinski definition) is 0. The molecule has 1 aliphatic carbocycles. The third kappa shape index (κ3) is 7.30. The number of rotatable bonds is 9. The molecule has 42 heavy (non-hydrogen) atoms. The van der Waals surface area contributed by atoms with Crippen molar-refractivity contribution in [3.05, 3.63) is 35.5 Å². The van der Waals surface area contributed by atoms with Crippen LogP contribution in [0.5, 0.6) is 0 Å². The zero-order valence-electron chi connectivity index (χ0n) is 26.6. The molecule has 5 aliphatic rings. The van der Waals surface area contributed by atoms with Crippen molar-refractivity contribution in [2.45, 2.75) is 116 Å². The molecule has 2 bridgehead atoms. The van der Waals surface area contributed by atoms with Gasteiger partial charge in [0.1, 0.15) is 5.60 Å². The maximum atomic E-state index is 12.4. The second-order valence-corrected chi connectivity index (χ2v) is 15.0. The van der Waals surface area contributed by atoms with Crippen molar-refractivity contribution in [3.63, 3.8) is 0 Å². The Hall–Kier alpha value is -2.18. The molecular weight excluding hydrogens is 520 g/mol. The first-order valence-electron chi connectivity index (χ1n) is 17.1. The van der Waals surface area contributed by atoms with Gasteiger partial charge in [0.05, 0.1) is 17.8 Å².